The zero-order valence-corrected chi connectivity index (χ0v) is 17.0. The summed E-state index contributed by atoms with van der Waals surface area (Å²) in [6.07, 6.45) is 1.83. The molecule has 1 aromatic carbocycles. The number of carbonyl (C=O) groups excluding carboxylic acids is 1. The van der Waals surface area contributed by atoms with Gasteiger partial charge in [-0.2, -0.15) is 10.2 Å². The minimum atomic E-state index is -0.443. The van der Waals surface area contributed by atoms with E-state index in [1.165, 1.54) is 0 Å². The molecule has 2 aromatic heterocycles. The Bertz CT molecular complexity index is 932. The van der Waals surface area contributed by atoms with Crippen LogP contribution in [0.15, 0.2) is 41.0 Å². The Kier molecular flexibility index (Phi) is 5.48. The van der Waals surface area contributed by atoms with Crippen molar-refractivity contribution in [3.8, 4) is 0 Å². The number of nitrogens with zero attached hydrogens (tertiary/aromatic N) is 4. The Balaban J connectivity index is 1.67. The molecule has 3 aromatic rings. The van der Waals surface area contributed by atoms with Gasteiger partial charge in [0.25, 0.3) is 0 Å². The van der Waals surface area contributed by atoms with Gasteiger partial charge in [-0.25, -0.2) is 0 Å². The second kappa shape index (κ2) is 7.63. The summed E-state index contributed by atoms with van der Waals surface area (Å²) in [6.45, 7) is 6.24. The first-order valence-corrected chi connectivity index (χ1v) is 9.32. The van der Waals surface area contributed by atoms with Crippen LogP contribution in [0.4, 0.5) is 5.82 Å². The number of amides is 1. The monoisotopic (exact) mass is 435 g/mol. The van der Waals surface area contributed by atoms with Crippen molar-refractivity contribution in [2.75, 3.05) is 5.32 Å². The van der Waals surface area contributed by atoms with Crippen molar-refractivity contribution in [2.45, 2.75) is 33.4 Å². The maximum Gasteiger partial charge on any atom is 0.250 e. The van der Waals surface area contributed by atoms with E-state index in [2.05, 4.69) is 31.4 Å². The lowest BCUT2D eigenvalue weighted by atomic mass is 10.2. The first kappa shape index (κ1) is 18.7. The van der Waals surface area contributed by atoms with Gasteiger partial charge in [0.15, 0.2) is 5.82 Å². The summed E-state index contributed by atoms with van der Waals surface area (Å²) in [5, 5.41) is 12.4. The van der Waals surface area contributed by atoms with Gasteiger partial charge in [0, 0.05) is 17.3 Å². The summed E-state index contributed by atoms with van der Waals surface area (Å²) < 4.78 is 4.40. The minimum Gasteiger partial charge on any atom is -0.307 e. The molecule has 1 atom stereocenters. The Morgan fingerprint density at radius 3 is 2.54 bits per heavy atom. The third-order valence-corrected chi connectivity index (χ3v) is 5.53. The van der Waals surface area contributed by atoms with E-state index in [1.54, 1.807) is 15.4 Å². The molecule has 1 amide bonds. The molecule has 0 aliphatic heterocycles. The zero-order chi connectivity index (χ0) is 18.8. The van der Waals surface area contributed by atoms with Crippen molar-refractivity contribution in [3.63, 3.8) is 0 Å². The summed E-state index contributed by atoms with van der Waals surface area (Å²) in [6, 6.07) is 8.92. The smallest absolute Gasteiger partial charge is 0.250 e. The highest BCUT2D eigenvalue weighted by atomic mass is 79.9. The average molecular weight is 437 g/mol. The van der Waals surface area contributed by atoms with Crippen molar-refractivity contribution in [1.82, 2.24) is 19.6 Å². The van der Waals surface area contributed by atoms with Crippen LogP contribution in [0.5, 0.6) is 0 Å². The summed E-state index contributed by atoms with van der Waals surface area (Å²) in [5.41, 5.74) is 2.85. The van der Waals surface area contributed by atoms with Crippen molar-refractivity contribution in [3.05, 3.63) is 63.0 Å². The van der Waals surface area contributed by atoms with E-state index in [4.69, 9.17) is 11.6 Å². The molecule has 0 spiro atoms. The topological polar surface area (TPSA) is 64.7 Å². The van der Waals surface area contributed by atoms with Crippen molar-refractivity contribution < 1.29 is 4.79 Å². The minimum absolute atomic E-state index is 0.167. The number of carbonyl (C=O) groups is 1. The molecular weight excluding hydrogens is 418 g/mol. The van der Waals surface area contributed by atoms with Crippen LogP contribution in [-0.2, 0) is 11.3 Å². The third kappa shape index (κ3) is 3.99. The van der Waals surface area contributed by atoms with Crippen LogP contribution in [0.3, 0.4) is 0 Å². The predicted octanol–water partition coefficient (Wildman–Crippen LogP) is 4.36. The molecule has 1 N–H and O–H groups in total. The Morgan fingerprint density at radius 1 is 1.23 bits per heavy atom. The van der Waals surface area contributed by atoms with Gasteiger partial charge in [0.1, 0.15) is 6.04 Å². The van der Waals surface area contributed by atoms with Crippen molar-refractivity contribution >= 4 is 39.3 Å². The molecule has 136 valence electrons. The molecule has 0 fully saturated rings. The molecule has 0 radical (unpaired) electrons. The molecule has 3 rings (SSSR count). The van der Waals surface area contributed by atoms with Gasteiger partial charge >= 0.3 is 0 Å². The van der Waals surface area contributed by atoms with Crippen LogP contribution in [0.1, 0.15) is 29.9 Å². The van der Waals surface area contributed by atoms with E-state index in [9.17, 15) is 4.79 Å². The van der Waals surface area contributed by atoms with E-state index in [1.807, 2.05) is 51.2 Å². The Labute approximate surface area is 165 Å². The number of nitrogens with one attached hydrogen (secondary N) is 1. The largest absolute Gasteiger partial charge is 0.307 e. The van der Waals surface area contributed by atoms with Crippen LogP contribution >= 0.6 is 27.5 Å². The molecule has 1 unspecified atom stereocenters. The Hall–Kier alpha value is -2.12. The first-order chi connectivity index (χ1) is 12.3. The fourth-order valence-corrected chi connectivity index (χ4v) is 3.04. The van der Waals surface area contributed by atoms with Gasteiger partial charge in [-0.1, -0.05) is 23.7 Å². The summed E-state index contributed by atoms with van der Waals surface area (Å²) in [5.74, 6) is 0.344. The van der Waals surface area contributed by atoms with Crippen molar-refractivity contribution in [1.29, 1.82) is 0 Å². The number of aromatic nitrogens is 4. The predicted molar refractivity (Wildman–Crippen MR) is 106 cm³/mol. The lowest BCUT2D eigenvalue weighted by Gasteiger charge is -2.13. The zero-order valence-electron chi connectivity index (χ0n) is 14.7. The highest BCUT2D eigenvalue weighted by Gasteiger charge is 2.21. The first-order valence-electron chi connectivity index (χ1n) is 8.15. The maximum absolute atomic E-state index is 12.5. The van der Waals surface area contributed by atoms with Crippen molar-refractivity contribution in [2.24, 2.45) is 0 Å². The van der Waals surface area contributed by atoms with Crippen LogP contribution in [0.2, 0.25) is 5.02 Å². The van der Waals surface area contributed by atoms with Gasteiger partial charge in [0.2, 0.25) is 5.91 Å². The SMILES string of the molecule is Cc1nn(C(C)C(=O)Nc2ccn(Cc3ccc(Cl)cc3)n2)c(C)c1Br. The number of hydrogen-bond acceptors (Lipinski definition) is 3. The standard InChI is InChI=1S/C18H19BrClN5O/c1-11-17(19)12(2)25(22-11)13(3)18(26)21-16-8-9-24(23-16)10-14-4-6-15(20)7-5-14/h4-9,13H,10H2,1-3H3,(H,21,23,26). The number of rotatable bonds is 5. The van der Waals surface area contributed by atoms with Crippen LogP contribution < -0.4 is 5.32 Å². The molecule has 8 heteroatoms. The lowest BCUT2D eigenvalue weighted by molar-refractivity contribution is -0.119. The quantitative estimate of drug-likeness (QED) is 0.646. The van der Waals surface area contributed by atoms with Gasteiger partial charge in [-0.3, -0.25) is 14.2 Å². The second-order valence-corrected chi connectivity index (χ2v) is 7.35. The molecule has 26 heavy (non-hydrogen) atoms. The number of benzene rings is 1. The number of halogens is 2. The van der Waals surface area contributed by atoms with E-state index < -0.39 is 6.04 Å². The average Bonchev–Trinajstić information content (AvgIpc) is 3.15. The van der Waals surface area contributed by atoms with Gasteiger partial charge in [-0.05, 0) is 54.4 Å². The highest BCUT2D eigenvalue weighted by Crippen LogP contribution is 2.23. The molecule has 0 aliphatic rings. The Morgan fingerprint density at radius 2 is 1.92 bits per heavy atom. The van der Waals surface area contributed by atoms with Crippen LogP contribution in [0.25, 0.3) is 0 Å². The summed E-state index contributed by atoms with van der Waals surface area (Å²) in [4.78, 5) is 12.5. The number of anilines is 1. The van der Waals surface area contributed by atoms with E-state index in [-0.39, 0.29) is 5.91 Å². The van der Waals surface area contributed by atoms with E-state index in [0.29, 0.717) is 17.4 Å². The lowest BCUT2D eigenvalue weighted by Crippen LogP contribution is -2.25. The number of aryl methyl sites for hydroxylation is 1. The molecule has 6 nitrogen and oxygen atoms in total. The normalized spacial score (nSPS) is 12.2. The third-order valence-electron chi connectivity index (χ3n) is 4.13. The van der Waals surface area contributed by atoms with Gasteiger partial charge < -0.3 is 5.32 Å². The van der Waals surface area contributed by atoms with E-state index in [0.717, 1.165) is 21.4 Å². The summed E-state index contributed by atoms with van der Waals surface area (Å²) in [7, 11) is 0. The maximum atomic E-state index is 12.5. The van der Waals surface area contributed by atoms with Crippen LogP contribution in [0, 0.1) is 13.8 Å². The van der Waals surface area contributed by atoms with Crippen LogP contribution in [-0.4, -0.2) is 25.5 Å². The molecule has 0 saturated heterocycles. The number of hydrogen-bond donors (Lipinski definition) is 1. The fourth-order valence-electron chi connectivity index (χ4n) is 2.65. The van der Waals surface area contributed by atoms with E-state index >= 15 is 0 Å². The fraction of sp³-hybridized carbons (Fsp3) is 0.278. The molecule has 0 aliphatic carbocycles. The second-order valence-electron chi connectivity index (χ2n) is 6.12. The summed E-state index contributed by atoms with van der Waals surface area (Å²) >= 11 is 9.38. The molecular formula is C18H19BrClN5O. The molecule has 2 heterocycles. The van der Waals surface area contributed by atoms with Gasteiger partial charge in [-0.15, -0.1) is 0 Å². The van der Waals surface area contributed by atoms with Gasteiger partial charge in [0.05, 0.1) is 22.4 Å². The highest BCUT2D eigenvalue weighted by molar-refractivity contribution is 9.10. The molecule has 0 bridgehead atoms. The molecule has 0 saturated carbocycles.